The summed E-state index contributed by atoms with van der Waals surface area (Å²) < 4.78 is 4.77. The van der Waals surface area contributed by atoms with Crippen molar-refractivity contribution in [3.8, 4) is 0 Å². The molecule has 0 aliphatic heterocycles. The molecule has 0 aromatic rings. The first-order valence-electron chi connectivity index (χ1n) is 4.84. The first-order valence-corrected chi connectivity index (χ1v) is 5.47. The van der Waals surface area contributed by atoms with Crippen molar-refractivity contribution < 1.29 is 14.3 Å². The number of thiol groups is 1. The zero-order valence-corrected chi connectivity index (χ0v) is 9.42. The summed E-state index contributed by atoms with van der Waals surface area (Å²) in [5.74, 6) is 0.635. The number of esters is 1. The highest BCUT2D eigenvalue weighted by atomic mass is 32.1. The van der Waals surface area contributed by atoms with Crippen molar-refractivity contribution >= 4 is 24.4 Å². The molecule has 0 heterocycles. The van der Waals surface area contributed by atoms with E-state index in [1.165, 1.54) is 0 Å². The molecule has 0 bridgehead atoms. The first-order chi connectivity index (χ1) is 6.56. The Morgan fingerprint density at radius 3 is 2.64 bits per heavy atom. The lowest BCUT2D eigenvalue weighted by Gasteiger charge is -2.08. The van der Waals surface area contributed by atoms with E-state index in [0.717, 1.165) is 12.8 Å². The Balaban J connectivity index is 2.25. The van der Waals surface area contributed by atoms with Crippen LogP contribution in [-0.4, -0.2) is 17.7 Å². The predicted octanol–water partition coefficient (Wildman–Crippen LogP) is 1.67. The minimum atomic E-state index is -0.214. The second kappa shape index (κ2) is 4.82. The van der Waals surface area contributed by atoms with E-state index in [0.29, 0.717) is 5.92 Å². The van der Waals surface area contributed by atoms with E-state index in [4.69, 9.17) is 4.74 Å². The molecule has 1 aliphatic carbocycles. The molecular formula is C10H16O3S. The number of hydrogen-bond acceptors (Lipinski definition) is 4. The highest BCUT2D eigenvalue weighted by molar-refractivity contribution is 7.80. The average molecular weight is 216 g/mol. The van der Waals surface area contributed by atoms with Crippen LogP contribution in [0.1, 0.15) is 26.7 Å². The Morgan fingerprint density at radius 2 is 2.21 bits per heavy atom. The second-order valence-electron chi connectivity index (χ2n) is 3.94. The number of rotatable bonds is 5. The van der Waals surface area contributed by atoms with E-state index < -0.39 is 0 Å². The van der Waals surface area contributed by atoms with Crippen LogP contribution in [0.4, 0.5) is 0 Å². The molecule has 0 saturated heterocycles. The monoisotopic (exact) mass is 216 g/mol. The molecule has 1 fully saturated rings. The van der Waals surface area contributed by atoms with Crippen LogP contribution in [0.5, 0.6) is 0 Å². The van der Waals surface area contributed by atoms with Crippen LogP contribution in [0.25, 0.3) is 0 Å². The van der Waals surface area contributed by atoms with Crippen molar-refractivity contribution in [3.05, 3.63) is 0 Å². The van der Waals surface area contributed by atoms with Crippen molar-refractivity contribution in [2.24, 2.45) is 17.8 Å². The Kier molecular flexibility index (Phi) is 3.98. The number of ether oxygens (including phenoxy) is 1. The fourth-order valence-electron chi connectivity index (χ4n) is 1.76. The smallest absolute Gasteiger partial charge is 0.309 e. The summed E-state index contributed by atoms with van der Waals surface area (Å²) >= 11 is 3.81. The summed E-state index contributed by atoms with van der Waals surface area (Å²) in [6.07, 6.45) is 1.70. The van der Waals surface area contributed by atoms with Gasteiger partial charge in [-0.2, -0.15) is 0 Å². The lowest BCUT2D eigenvalue weighted by Crippen LogP contribution is -2.15. The number of ketones is 1. The molecule has 0 aromatic heterocycles. The zero-order valence-electron chi connectivity index (χ0n) is 8.53. The lowest BCUT2D eigenvalue weighted by molar-refractivity contribution is -0.146. The quantitative estimate of drug-likeness (QED) is 0.432. The van der Waals surface area contributed by atoms with Crippen LogP contribution in [0.3, 0.4) is 0 Å². The van der Waals surface area contributed by atoms with Gasteiger partial charge >= 0.3 is 5.97 Å². The molecule has 0 spiro atoms. The summed E-state index contributed by atoms with van der Waals surface area (Å²) in [6.45, 7) is 3.45. The maximum atomic E-state index is 11.2. The van der Waals surface area contributed by atoms with Gasteiger partial charge in [0.15, 0.2) is 0 Å². The van der Waals surface area contributed by atoms with Gasteiger partial charge in [0.25, 0.3) is 0 Å². The molecule has 4 heteroatoms. The Labute approximate surface area is 89.6 Å². The largest absolute Gasteiger partial charge is 0.455 e. The Hall–Kier alpha value is -0.510. The van der Waals surface area contributed by atoms with Crippen molar-refractivity contribution in [1.82, 2.24) is 0 Å². The number of carbonyl (C=O) groups excluding carboxylic acids is 2. The van der Waals surface area contributed by atoms with Crippen LogP contribution in [0.15, 0.2) is 0 Å². The van der Waals surface area contributed by atoms with Crippen LogP contribution in [0.2, 0.25) is 0 Å². The molecule has 3 unspecified atom stereocenters. The van der Waals surface area contributed by atoms with Gasteiger partial charge in [-0.05, 0) is 25.7 Å². The molecule has 0 amide bonds. The molecule has 1 saturated carbocycles. The molecule has 0 N–H and O–H groups in total. The number of carbonyl (C=O) groups is 2. The molecule has 0 radical (unpaired) electrons. The van der Waals surface area contributed by atoms with E-state index in [-0.39, 0.29) is 29.5 Å². The fourth-order valence-corrected chi connectivity index (χ4v) is 1.89. The topological polar surface area (TPSA) is 43.4 Å². The maximum absolute atomic E-state index is 11.2. The molecule has 0 aromatic carbocycles. The average Bonchev–Trinajstić information content (AvgIpc) is 2.84. The van der Waals surface area contributed by atoms with Crippen molar-refractivity contribution in [2.45, 2.75) is 26.7 Å². The second-order valence-corrected chi connectivity index (χ2v) is 4.20. The van der Waals surface area contributed by atoms with E-state index in [9.17, 15) is 9.59 Å². The third kappa shape index (κ3) is 3.01. The van der Waals surface area contributed by atoms with Crippen molar-refractivity contribution in [2.75, 3.05) is 5.94 Å². The highest BCUT2D eigenvalue weighted by Crippen LogP contribution is 2.43. The molecule has 80 valence electrons. The molecular weight excluding hydrogens is 200 g/mol. The highest BCUT2D eigenvalue weighted by Gasteiger charge is 2.42. The van der Waals surface area contributed by atoms with Gasteiger partial charge in [-0.25, -0.2) is 0 Å². The summed E-state index contributed by atoms with van der Waals surface area (Å²) in [7, 11) is 0. The summed E-state index contributed by atoms with van der Waals surface area (Å²) in [5, 5.41) is 0. The molecule has 1 rings (SSSR count). The predicted molar refractivity (Wildman–Crippen MR) is 56.0 cm³/mol. The molecule has 3 atom stereocenters. The maximum Gasteiger partial charge on any atom is 0.309 e. The van der Waals surface area contributed by atoms with Gasteiger partial charge in [-0.15, -0.1) is 12.6 Å². The van der Waals surface area contributed by atoms with Gasteiger partial charge in [0.05, 0.1) is 5.92 Å². The van der Waals surface area contributed by atoms with E-state index in [1.54, 1.807) is 6.92 Å². The first kappa shape index (κ1) is 11.6. The van der Waals surface area contributed by atoms with Gasteiger partial charge in [0.2, 0.25) is 0 Å². The third-order valence-corrected chi connectivity index (χ3v) is 2.84. The van der Waals surface area contributed by atoms with Crippen LogP contribution < -0.4 is 0 Å². The summed E-state index contributed by atoms with van der Waals surface area (Å²) in [5.41, 5.74) is 0. The Bertz CT molecular complexity index is 240. The molecule has 3 nitrogen and oxygen atoms in total. The van der Waals surface area contributed by atoms with E-state index in [2.05, 4.69) is 12.6 Å². The zero-order chi connectivity index (χ0) is 10.7. The number of hydrogen-bond donors (Lipinski definition) is 1. The minimum Gasteiger partial charge on any atom is -0.455 e. The fraction of sp³-hybridized carbons (Fsp3) is 0.800. The minimum absolute atomic E-state index is 0.114. The van der Waals surface area contributed by atoms with Crippen molar-refractivity contribution in [3.63, 3.8) is 0 Å². The number of Topliss-reactive ketones (excluding diaryl/α,β-unsaturated/α-hetero) is 1. The molecule has 1 aliphatic rings. The summed E-state index contributed by atoms with van der Waals surface area (Å²) in [4.78, 5) is 22.2. The molecule has 14 heavy (non-hydrogen) atoms. The third-order valence-electron chi connectivity index (χ3n) is 2.71. The SMILES string of the molecule is CC(=O)C1CC1CC(C)C(=O)OCS. The van der Waals surface area contributed by atoms with Crippen LogP contribution in [-0.2, 0) is 14.3 Å². The van der Waals surface area contributed by atoms with Gasteiger partial charge in [-0.3, -0.25) is 9.59 Å². The lowest BCUT2D eigenvalue weighted by atomic mass is 10.0. The van der Waals surface area contributed by atoms with Gasteiger partial charge in [0, 0.05) is 5.92 Å². The van der Waals surface area contributed by atoms with Gasteiger partial charge in [0.1, 0.15) is 11.7 Å². The van der Waals surface area contributed by atoms with Crippen molar-refractivity contribution in [1.29, 1.82) is 0 Å². The van der Waals surface area contributed by atoms with Crippen LogP contribution in [0, 0.1) is 17.8 Å². The van der Waals surface area contributed by atoms with Crippen LogP contribution >= 0.6 is 12.6 Å². The van der Waals surface area contributed by atoms with E-state index in [1.807, 2.05) is 6.92 Å². The Morgan fingerprint density at radius 1 is 1.57 bits per heavy atom. The summed E-state index contributed by atoms with van der Waals surface area (Å²) in [6, 6.07) is 0. The van der Waals surface area contributed by atoms with E-state index >= 15 is 0 Å². The normalized spacial score (nSPS) is 26.8. The standard InChI is InChI=1S/C10H16O3S/c1-6(10(12)13-5-14)3-8-4-9(8)7(2)11/h6,8-9,14H,3-5H2,1-2H3. The van der Waals surface area contributed by atoms with Gasteiger partial charge in [-0.1, -0.05) is 6.92 Å². The van der Waals surface area contributed by atoms with Gasteiger partial charge < -0.3 is 4.74 Å².